The van der Waals surface area contributed by atoms with Crippen LogP contribution >= 0.6 is 0 Å². The van der Waals surface area contributed by atoms with E-state index in [0.717, 1.165) is 164 Å². The van der Waals surface area contributed by atoms with E-state index in [-0.39, 0.29) is 26.9 Å². The van der Waals surface area contributed by atoms with Crippen LogP contribution in [0.25, 0.3) is 27.5 Å². The van der Waals surface area contributed by atoms with Crippen LogP contribution in [0, 0.1) is 0 Å². The first kappa shape index (κ1) is 55.6. The van der Waals surface area contributed by atoms with Gasteiger partial charge < -0.3 is 43.1 Å². The molecule has 15 aromatic carbocycles. The van der Waals surface area contributed by atoms with Crippen LogP contribution < -0.4 is 104 Å². The second-order valence-electron chi connectivity index (χ2n) is 28.1. The van der Waals surface area contributed by atoms with Crippen molar-refractivity contribution in [2.45, 2.75) is 0 Å². The Labute approximate surface area is 595 Å². The summed E-state index contributed by atoms with van der Waals surface area (Å²) in [6.07, 6.45) is 0. The highest BCUT2D eigenvalue weighted by molar-refractivity contribution is 7.05. The quantitative estimate of drug-likeness (QED) is 0.140. The maximum Gasteiger partial charge on any atom is 0.256 e. The molecule has 474 valence electrons. The first-order valence-corrected chi connectivity index (χ1v) is 35.5. The molecule has 8 aliphatic heterocycles. The van der Waals surface area contributed by atoms with Crippen molar-refractivity contribution in [3.8, 4) is 51.7 Å². The van der Waals surface area contributed by atoms with Gasteiger partial charge in [0.25, 0.3) is 26.9 Å². The zero-order valence-corrected chi connectivity index (χ0v) is 55.3. The second kappa shape index (κ2) is 20.7. The molecule has 1 aromatic heterocycles. The number of para-hydroxylation sites is 10. The maximum atomic E-state index is 7.59. The molecule has 0 saturated carbocycles. The molecular formula is C90H53B4N5O4. The summed E-state index contributed by atoms with van der Waals surface area (Å²) in [4.78, 5) is 9.53. The van der Waals surface area contributed by atoms with E-state index in [1.165, 1.54) is 43.7 Å². The van der Waals surface area contributed by atoms with E-state index in [2.05, 4.69) is 346 Å². The fraction of sp³-hybridized carbons (Fsp3) is 0. The highest BCUT2D eigenvalue weighted by Crippen LogP contribution is 2.51. The van der Waals surface area contributed by atoms with Gasteiger partial charge in [0.1, 0.15) is 46.0 Å². The Balaban J connectivity index is 0.703. The van der Waals surface area contributed by atoms with Crippen molar-refractivity contribution >= 4 is 182 Å². The number of anilines is 12. The number of hydrogen-bond acceptors (Lipinski definition) is 8. The van der Waals surface area contributed by atoms with Gasteiger partial charge in [0.05, 0.1) is 11.4 Å². The van der Waals surface area contributed by atoms with E-state index >= 15 is 0 Å². The monoisotopic (exact) mass is 1310 g/mol. The number of ether oxygens (including phenoxy) is 4. The van der Waals surface area contributed by atoms with Crippen LogP contribution in [0.5, 0.6) is 46.0 Å². The average Bonchev–Trinajstić information content (AvgIpc) is 1.60. The van der Waals surface area contributed by atoms with Crippen molar-refractivity contribution in [2.75, 3.05) is 19.6 Å². The van der Waals surface area contributed by atoms with E-state index in [0.29, 0.717) is 0 Å². The number of rotatable bonds is 8. The van der Waals surface area contributed by atoms with E-state index in [9.17, 15) is 0 Å². The molecule has 13 heteroatoms. The van der Waals surface area contributed by atoms with Crippen LogP contribution in [0.2, 0.25) is 0 Å². The number of hydrogen-bond donors (Lipinski definition) is 0. The van der Waals surface area contributed by atoms with Crippen LogP contribution in [0.15, 0.2) is 322 Å². The van der Waals surface area contributed by atoms with Gasteiger partial charge in [-0.3, -0.25) is 0 Å². The summed E-state index contributed by atoms with van der Waals surface area (Å²) in [7, 11) is 0. The summed E-state index contributed by atoms with van der Waals surface area (Å²) in [6, 6.07) is 117. The zero-order chi connectivity index (χ0) is 66.9. The van der Waals surface area contributed by atoms with Gasteiger partial charge in [-0.2, -0.15) is 0 Å². The lowest BCUT2D eigenvalue weighted by Gasteiger charge is -2.43. The number of aromatic nitrogens is 1. The smallest absolute Gasteiger partial charge is 0.256 e. The van der Waals surface area contributed by atoms with E-state index in [1.807, 2.05) is 0 Å². The lowest BCUT2D eigenvalue weighted by Crippen LogP contribution is -2.67. The van der Waals surface area contributed by atoms with Gasteiger partial charge >= 0.3 is 0 Å². The predicted octanol–water partition coefficient (Wildman–Crippen LogP) is 14.4. The minimum Gasteiger partial charge on any atom is -0.458 e. The Morgan fingerprint density at radius 3 is 0.913 bits per heavy atom. The molecular weight excluding hydrogens is 1260 g/mol. The zero-order valence-electron chi connectivity index (χ0n) is 55.3. The van der Waals surface area contributed by atoms with Gasteiger partial charge in [-0.1, -0.05) is 194 Å². The fourth-order valence-electron chi connectivity index (χ4n) is 18.9. The molecule has 9 heterocycles. The van der Waals surface area contributed by atoms with Crippen LogP contribution in [-0.4, -0.2) is 31.4 Å². The molecule has 24 rings (SSSR count). The maximum absolute atomic E-state index is 7.59. The minimum absolute atomic E-state index is 0.187. The van der Waals surface area contributed by atoms with Gasteiger partial charge in [-0.05, 0) is 163 Å². The fourth-order valence-corrected chi connectivity index (χ4v) is 18.9. The van der Waals surface area contributed by atoms with Crippen LogP contribution in [-0.2, 0) is 0 Å². The first-order valence-electron chi connectivity index (χ1n) is 35.5. The van der Waals surface area contributed by atoms with Crippen LogP contribution in [0.4, 0.5) is 68.2 Å². The Kier molecular flexibility index (Phi) is 11.2. The van der Waals surface area contributed by atoms with Crippen molar-refractivity contribution in [3.05, 3.63) is 322 Å². The molecule has 0 spiro atoms. The largest absolute Gasteiger partial charge is 0.458 e. The summed E-state index contributed by atoms with van der Waals surface area (Å²) >= 11 is 0. The standard InChI is InChI=1S/C90H53B4N5O4/c1-7-25-54(26-8-1)95(55-27-9-2-10-28-55)60-45-74-84-80(47-60)100-76-51-78-70(49-68(76)91(84)64-39-19-21-43-72(64)97(74)58-33-15-5-16-34-58)93-66-41-23-37-62-63-38-24-42-67-89(63)99(88(62)66)90-86(93)82(102-78)53-83-87(90)94(67)71-50-69-77(52-79(71)103-83)101-81-48-61(96(56-29-11-3-12-30-56)57-31-13-4-14-32-57)46-75-85(81)92(69)65-40-20-22-44-73(65)98(75)59-35-17-6-18-36-59/h1-53H. The molecule has 0 unspecified atom stereocenters. The number of fused-ring (bicyclic) bond motifs is 15. The minimum atomic E-state index is -0.204. The van der Waals surface area contributed by atoms with Gasteiger partial charge in [-0.15, -0.1) is 0 Å². The Morgan fingerprint density at radius 2 is 0.534 bits per heavy atom. The molecule has 9 nitrogen and oxygen atoms in total. The lowest BCUT2D eigenvalue weighted by molar-refractivity contribution is 0.453. The summed E-state index contributed by atoms with van der Waals surface area (Å²) in [6.45, 7) is -0.783. The van der Waals surface area contributed by atoms with Crippen LogP contribution in [0.1, 0.15) is 0 Å². The topological polar surface area (TPSA) is 54.8 Å². The summed E-state index contributed by atoms with van der Waals surface area (Å²) in [5, 5.41) is 2.46. The molecule has 0 saturated heterocycles. The van der Waals surface area contributed by atoms with Crippen molar-refractivity contribution in [1.82, 2.24) is 4.57 Å². The third-order valence-corrected chi connectivity index (χ3v) is 22.9. The summed E-state index contributed by atoms with van der Waals surface area (Å²) < 4.78 is 32.9. The van der Waals surface area contributed by atoms with Gasteiger partial charge in [0, 0.05) is 115 Å². The molecule has 103 heavy (non-hydrogen) atoms. The number of nitrogens with zero attached hydrogens (tertiary/aromatic N) is 5. The van der Waals surface area contributed by atoms with E-state index < -0.39 is 0 Å². The predicted molar refractivity (Wildman–Crippen MR) is 424 cm³/mol. The van der Waals surface area contributed by atoms with Crippen LogP contribution in [0.3, 0.4) is 0 Å². The third kappa shape index (κ3) is 7.59. The van der Waals surface area contributed by atoms with Gasteiger partial charge in [0.15, 0.2) is 0 Å². The molecule has 0 atom stereocenters. The Morgan fingerprint density at radius 1 is 0.223 bits per heavy atom. The van der Waals surface area contributed by atoms with E-state index in [4.69, 9.17) is 18.9 Å². The molecule has 0 aliphatic carbocycles. The average molecular weight is 1310 g/mol. The van der Waals surface area contributed by atoms with Crippen molar-refractivity contribution in [3.63, 3.8) is 0 Å². The highest BCUT2D eigenvalue weighted by atomic mass is 16.5. The molecule has 0 amide bonds. The third-order valence-electron chi connectivity index (χ3n) is 22.9. The van der Waals surface area contributed by atoms with Crippen molar-refractivity contribution in [2.24, 2.45) is 0 Å². The summed E-state index contributed by atoms with van der Waals surface area (Å²) in [5.74, 6) is 6.19. The van der Waals surface area contributed by atoms with Gasteiger partial charge in [-0.25, -0.2) is 0 Å². The summed E-state index contributed by atoms with van der Waals surface area (Å²) in [5.41, 5.74) is 30.1. The number of benzene rings is 15. The molecule has 0 N–H and O–H groups in total. The van der Waals surface area contributed by atoms with E-state index in [1.54, 1.807) is 0 Å². The Hall–Kier alpha value is -13.2. The normalized spacial score (nSPS) is 13.8. The SMILES string of the molecule is c1ccc(N(c2ccccc2)c2cc3c4c(c2)N(c2ccccc2)c2ccccc2B4c2cc4c(cc2O3)Oc2cc3c5c6c2B4c2cccc4c7cccc(c7n-6c24)B5c2cc4c(cc2O3)Oc2cc(N(c3ccccc3)c3ccccc3)cc3c2B4c2ccccc2N3c2ccccc2)cc1. The highest BCUT2D eigenvalue weighted by Gasteiger charge is 2.52. The molecule has 0 fully saturated rings. The van der Waals surface area contributed by atoms with Crippen molar-refractivity contribution in [1.29, 1.82) is 0 Å². The Bertz CT molecular complexity index is 5930. The molecule has 0 bridgehead atoms. The molecule has 16 aromatic rings. The lowest BCUT2D eigenvalue weighted by atomic mass is 9.28. The molecule has 0 radical (unpaired) electrons. The molecule has 8 aliphatic rings. The van der Waals surface area contributed by atoms with Gasteiger partial charge in [0.2, 0.25) is 0 Å². The van der Waals surface area contributed by atoms with Crippen molar-refractivity contribution < 1.29 is 18.9 Å². The second-order valence-corrected chi connectivity index (χ2v) is 28.1. The first-order chi connectivity index (χ1) is 51.1.